The average molecular weight is 732 g/mol. The van der Waals surface area contributed by atoms with Crippen molar-refractivity contribution in [2.45, 2.75) is 0 Å². The fourth-order valence-electron chi connectivity index (χ4n) is 8.19. The van der Waals surface area contributed by atoms with Crippen molar-refractivity contribution in [3.05, 3.63) is 176 Å². The molecule has 8 aromatic carbocycles. The number of hydrogen-bond donors (Lipinski definition) is 0. The minimum atomic E-state index is 0.536. The Hall–Kier alpha value is -7.90. The summed E-state index contributed by atoms with van der Waals surface area (Å²) in [5.41, 5.74) is 9.50. The molecule has 12 rings (SSSR count). The van der Waals surface area contributed by atoms with Crippen LogP contribution in [-0.4, -0.2) is 24.5 Å². The first kappa shape index (κ1) is 31.5. The maximum Gasteiger partial charge on any atom is 0.227 e. The molecule has 0 aliphatic rings. The van der Waals surface area contributed by atoms with Gasteiger partial charge in [-0.1, -0.05) is 115 Å². The molecule has 0 amide bonds. The van der Waals surface area contributed by atoms with Crippen molar-refractivity contribution in [2.75, 3.05) is 0 Å². The Morgan fingerprint density at radius 3 is 1.91 bits per heavy atom. The van der Waals surface area contributed by atoms with Crippen molar-refractivity contribution in [1.29, 1.82) is 0 Å². The van der Waals surface area contributed by atoms with Gasteiger partial charge in [-0.2, -0.15) is 0 Å². The second-order valence-electron chi connectivity index (χ2n) is 14.3. The lowest BCUT2D eigenvalue weighted by Crippen LogP contribution is -2.01. The van der Waals surface area contributed by atoms with Crippen molar-refractivity contribution < 1.29 is 8.83 Å². The summed E-state index contributed by atoms with van der Waals surface area (Å²) in [5.74, 6) is 2.25. The molecule has 7 heteroatoms. The zero-order chi connectivity index (χ0) is 37.5. The average Bonchev–Trinajstić information content (AvgIpc) is 3.98. The second-order valence-corrected chi connectivity index (χ2v) is 14.3. The quantitative estimate of drug-likeness (QED) is 0.175. The van der Waals surface area contributed by atoms with E-state index in [2.05, 4.69) is 89.5 Å². The van der Waals surface area contributed by atoms with Gasteiger partial charge in [0.05, 0.1) is 16.6 Å². The van der Waals surface area contributed by atoms with E-state index < -0.39 is 0 Å². The Kier molecular flexibility index (Phi) is 6.79. The highest BCUT2D eigenvalue weighted by molar-refractivity contribution is 6.19. The molecular formula is C50H29N5O2. The Bertz CT molecular complexity index is 3530. The lowest BCUT2D eigenvalue weighted by Gasteiger charge is -2.12. The number of hydrogen-bond acceptors (Lipinski definition) is 6. The van der Waals surface area contributed by atoms with Crippen molar-refractivity contribution >= 4 is 65.6 Å². The van der Waals surface area contributed by atoms with E-state index in [4.69, 9.17) is 28.8 Å². The molecule has 0 aliphatic carbocycles. The number of para-hydroxylation sites is 2. The highest BCUT2D eigenvalue weighted by Gasteiger charge is 2.22. The second kappa shape index (κ2) is 12.3. The normalized spacial score (nSPS) is 11.9. The standard InChI is InChI=1S/C50H29N5O2/c1-3-13-30(14-4-1)47-52-48(54-49(53-47)39-23-12-22-38-36-21-9-10-24-43(36)56-45(38)39)34-19-11-20-35(27-34)55-42-29-33-18-8-7-17-32(33)28-40(42)37-25-26-41-46(44(37)55)57-50(51-41)31-15-5-2-6-16-31/h1-29H. The first-order chi connectivity index (χ1) is 28.2. The van der Waals surface area contributed by atoms with Gasteiger partial charge in [0.25, 0.3) is 0 Å². The molecule has 4 aromatic heterocycles. The van der Waals surface area contributed by atoms with Crippen LogP contribution in [0.1, 0.15) is 0 Å². The number of oxazole rings is 1. The van der Waals surface area contributed by atoms with E-state index in [1.54, 1.807) is 0 Å². The molecule has 0 bridgehead atoms. The van der Waals surface area contributed by atoms with Gasteiger partial charge in [-0.25, -0.2) is 19.9 Å². The molecular weight excluding hydrogens is 703 g/mol. The van der Waals surface area contributed by atoms with E-state index in [9.17, 15) is 0 Å². The van der Waals surface area contributed by atoms with Gasteiger partial charge in [-0.05, 0) is 71.4 Å². The molecule has 0 saturated heterocycles. The number of rotatable bonds is 5. The summed E-state index contributed by atoms with van der Waals surface area (Å²) in [6, 6.07) is 59.9. The molecule has 0 saturated carbocycles. The van der Waals surface area contributed by atoms with Crippen LogP contribution in [0.2, 0.25) is 0 Å². The summed E-state index contributed by atoms with van der Waals surface area (Å²) in [7, 11) is 0. The molecule has 0 N–H and O–H groups in total. The number of furan rings is 1. The topological polar surface area (TPSA) is 82.8 Å². The predicted molar refractivity (Wildman–Crippen MR) is 228 cm³/mol. The largest absolute Gasteiger partial charge is 0.455 e. The molecule has 0 aliphatic heterocycles. The number of fused-ring (bicyclic) bond motifs is 9. The monoisotopic (exact) mass is 731 g/mol. The van der Waals surface area contributed by atoms with Crippen LogP contribution >= 0.6 is 0 Å². The maximum atomic E-state index is 6.68. The summed E-state index contributed by atoms with van der Waals surface area (Å²) >= 11 is 0. The zero-order valence-electron chi connectivity index (χ0n) is 30.3. The van der Waals surface area contributed by atoms with E-state index in [1.807, 2.05) is 91.0 Å². The predicted octanol–water partition coefficient (Wildman–Crippen LogP) is 12.8. The lowest BCUT2D eigenvalue weighted by molar-refractivity contribution is 0.621. The molecule has 0 atom stereocenters. The summed E-state index contributed by atoms with van der Waals surface area (Å²) < 4.78 is 15.4. The summed E-state index contributed by atoms with van der Waals surface area (Å²) in [6.45, 7) is 0. The number of nitrogens with zero attached hydrogens (tertiary/aromatic N) is 5. The number of benzene rings is 8. The molecule has 0 radical (unpaired) electrons. The van der Waals surface area contributed by atoms with Crippen molar-refractivity contribution in [1.82, 2.24) is 24.5 Å². The van der Waals surface area contributed by atoms with Gasteiger partial charge in [0.15, 0.2) is 23.1 Å². The third kappa shape index (κ3) is 4.99. The van der Waals surface area contributed by atoms with Crippen LogP contribution in [0.25, 0.3) is 117 Å². The first-order valence-corrected chi connectivity index (χ1v) is 18.9. The third-order valence-electron chi connectivity index (χ3n) is 10.8. The van der Waals surface area contributed by atoms with Crippen molar-refractivity contribution in [3.8, 4) is 51.3 Å². The van der Waals surface area contributed by atoms with Crippen LogP contribution in [-0.2, 0) is 0 Å². The van der Waals surface area contributed by atoms with Crippen LogP contribution < -0.4 is 0 Å². The van der Waals surface area contributed by atoms with Gasteiger partial charge in [-0.15, -0.1) is 0 Å². The maximum absolute atomic E-state index is 6.68. The van der Waals surface area contributed by atoms with Gasteiger partial charge >= 0.3 is 0 Å². The van der Waals surface area contributed by atoms with Crippen LogP contribution in [0.3, 0.4) is 0 Å². The van der Waals surface area contributed by atoms with Crippen molar-refractivity contribution in [2.24, 2.45) is 0 Å². The van der Waals surface area contributed by atoms with Crippen LogP contribution in [0, 0.1) is 0 Å². The Labute approximate surface area is 325 Å². The molecule has 7 nitrogen and oxygen atoms in total. The van der Waals surface area contributed by atoms with E-state index in [0.717, 1.165) is 88.2 Å². The van der Waals surface area contributed by atoms with E-state index in [1.165, 1.54) is 5.39 Å². The SMILES string of the molecule is c1ccc(-c2nc(-c3cccc(-n4c5cc6ccccc6cc5c5ccc6nc(-c7ccccc7)oc6c54)c3)nc(-c3cccc4c3oc3ccccc34)n2)cc1. The van der Waals surface area contributed by atoms with Crippen LogP contribution in [0.15, 0.2) is 185 Å². The zero-order valence-corrected chi connectivity index (χ0v) is 30.3. The fraction of sp³-hybridized carbons (Fsp3) is 0. The van der Waals surface area contributed by atoms with E-state index in [0.29, 0.717) is 23.4 Å². The van der Waals surface area contributed by atoms with Crippen LogP contribution in [0.5, 0.6) is 0 Å². The molecule has 4 heterocycles. The summed E-state index contributed by atoms with van der Waals surface area (Å²) in [4.78, 5) is 20.3. The minimum absolute atomic E-state index is 0.536. The molecule has 0 fully saturated rings. The molecule has 0 spiro atoms. The first-order valence-electron chi connectivity index (χ1n) is 18.9. The highest BCUT2D eigenvalue weighted by atomic mass is 16.3. The number of aromatic nitrogens is 5. The Morgan fingerprint density at radius 2 is 1.07 bits per heavy atom. The molecule has 266 valence electrons. The lowest BCUT2D eigenvalue weighted by atomic mass is 10.1. The third-order valence-corrected chi connectivity index (χ3v) is 10.8. The molecule has 12 aromatic rings. The summed E-state index contributed by atoms with van der Waals surface area (Å²) in [6.07, 6.45) is 0. The minimum Gasteiger partial charge on any atom is -0.455 e. The Morgan fingerprint density at radius 1 is 0.404 bits per heavy atom. The molecule has 0 unspecified atom stereocenters. The fourth-order valence-corrected chi connectivity index (χ4v) is 8.19. The van der Waals surface area contributed by atoms with Gasteiger partial charge in [0, 0.05) is 43.9 Å². The molecule has 57 heavy (non-hydrogen) atoms. The van der Waals surface area contributed by atoms with Gasteiger partial charge in [0.1, 0.15) is 16.7 Å². The van der Waals surface area contributed by atoms with Gasteiger partial charge in [-0.3, -0.25) is 0 Å². The van der Waals surface area contributed by atoms with Crippen LogP contribution in [0.4, 0.5) is 0 Å². The van der Waals surface area contributed by atoms with E-state index >= 15 is 0 Å². The van der Waals surface area contributed by atoms with Gasteiger partial charge in [0.2, 0.25) is 5.89 Å². The summed E-state index contributed by atoms with van der Waals surface area (Å²) in [5, 5.41) is 6.60. The van der Waals surface area contributed by atoms with E-state index in [-0.39, 0.29) is 0 Å². The van der Waals surface area contributed by atoms with Crippen molar-refractivity contribution in [3.63, 3.8) is 0 Å². The van der Waals surface area contributed by atoms with Gasteiger partial charge < -0.3 is 13.4 Å². The highest BCUT2D eigenvalue weighted by Crippen LogP contribution is 2.41. The Balaban J connectivity index is 1.11. The smallest absolute Gasteiger partial charge is 0.227 e.